The fourth-order valence-corrected chi connectivity index (χ4v) is 3.25. The molecule has 0 saturated heterocycles. The summed E-state index contributed by atoms with van der Waals surface area (Å²) in [5.74, 6) is -0.773. The van der Waals surface area contributed by atoms with E-state index in [-0.39, 0.29) is 37.9 Å². The topological polar surface area (TPSA) is 83.5 Å². The first-order chi connectivity index (χ1) is 12.0. The largest absolute Gasteiger partial charge is 1.00 e. The van der Waals surface area contributed by atoms with Crippen LogP contribution >= 0.6 is 0 Å². The van der Waals surface area contributed by atoms with Gasteiger partial charge >= 0.3 is 24.8 Å². The van der Waals surface area contributed by atoms with Gasteiger partial charge in [-0.2, -0.15) is 0 Å². The van der Waals surface area contributed by atoms with Crippen molar-refractivity contribution in [2.45, 2.75) is 103 Å². The predicted octanol–water partition coefficient (Wildman–Crippen LogP) is 1.95. The molecule has 0 fully saturated rings. The van der Waals surface area contributed by atoms with Gasteiger partial charge in [0.25, 0.3) is 0 Å². The number of hydrogen-bond donors (Lipinski definition) is 0. The van der Waals surface area contributed by atoms with Crippen LogP contribution in [0, 0.1) is 0 Å². The first-order valence-electron chi connectivity index (χ1n) is 10.0. The van der Waals surface area contributed by atoms with E-state index in [9.17, 15) is 17.8 Å². The Kier molecular flexibility index (Phi) is 21.4. The second-order valence-electron chi connectivity index (χ2n) is 6.83. The Morgan fingerprint density at radius 3 is 1.62 bits per heavy atom. The average molecular weight is 385 g/mol. The molecule has 0 aliphatic carbocycles. The summed E-state index contributed by atoms with van der Waals surface area (Å²) in [6, 6.07) is 0. The minimum atomic E-state index is -4.20. The van der Waals surface area contributed by atoms with Crippen LogP contribution in [0.5, 0.6) is 0 Å². The van der Waals surface area contributed by atoms with Crippen LogP contribution in [-0.2, 0) is 19.6 Å². The molecule has 0 heterocycles. The molecule has 0 saturated carbocycles. The summed E-state index contributed by atoms with van der Waals surface area (Å²) in [5, 5.41) is 0. The third-order valence-corrected chi connectivity index (χ3v) is 5.07. The third kappa shape index (κ3) is 24.0. The van der Waals surface area contributed by atoms with Crippen molar-refractivity contribution < 1.29 is 41.4 Å². The number of hydrogen-bond acceptors (Lipinski definition) is 5. The average Bonchev–Trinajstić information content (AvgIpc) is 2.55. The maximum absolute atomic E-state index is 11.4. The summed E-state index contributed by atoms with van der Waals surface area (Å²) in [7, 11) is -4.20. The Morgan fingerprint density at radius 1 is 0.769 bits per heavy atom. The van der Waals surface area contributed by atoms with E-state index in [1.54, 1.807) is 0 Å². The second kappa shape index (κ2) is 19.7. The second-order valence-corrected chi connectivity index (χ2v) is 8.35. The molecule has 0 aromatic carbocycles. The molecule has 0 aliphatic rings. The van der Waals surface area contributed by atoms with Gasteiger partial charge < -0.3 is 9.29 Å². The molecular formula is C19H37LiO5S. The number of unbranched alkanes of at least 4 members (excludes halogenated alkanes) is 12. The number of rotatable bonds is 18. The maximum Gasteiger partial charge on any atom is 1.00 e. The maximum atomic E-state index is 11.4. The summed E-state index contributed by atoms with van der Waals surface area (Å²) < 4.78 is 36.1. The Bertz CT molecular complexity index is 412. The van der Waals surface area contributed by atoms with Gasteiger partial charge in [-0.3, -0.25) is 4.79 Å². The van der Waals surface area contributed by atoms with E-state index in [2.05, 4.69) is 6.92 Å². The van der Waals surface area contributed by atoms with Crippen LogP contribution in [0.25, 0.3) is 0 Å². The summed E-state index contributed by atoms with van der Waals surface area (Å²) in [6.45, 7) is 2.26. The quantitative estimate of drug-likeness (QED) is 0.156. The van der Waals surface area contributed by atoms with Crippen LogP contribution in [-0.4, -0.2) is 31.3 Å². The Hall–Kier alpha value is -0.0226. The SMILES string of the molecule is CCCCCCCCCCCCCCCC(=O)OCCCS(=O)(=O)[O-].[Li+]. The summed E-state index contributed by atoms with van der Waals surface area (Å²) >= 11 is 0. The van der Waals surface area contributed by atoms with Gasteiger partial charge in [0.05, 0.1) is 16.7 Å². The molecule has 5 nitrogen and oxygen atoms in total. The molecule has 0 atom stereocenters. The van der Waals surface area contributed by atoms with Crippen LogP contribution in [0.3, 0.4) is 0 Å². The zero-order valence-corrected chi connectivity index (χ0v) is 17.8. The molecule has 0 aliphatic heterocycles. The van der Waals surface area contributed by atoms with Crippen molar-refractivity contribution in [2.24, 2.45) is 0 Å². The molecule has 0 amide bonds. The Labute approximate surface area is 173 Å². The van der Waals surface area contributed by atoms with Crippen molar-refractivity contribution in [3.63, 3.8) is 0 Å². The van der Waals surface area contributed by atoms with Gasteiger partial charge in [-0.05, 0) is 12.8 Å². The van der Waals surface area contributed by atoms with Crippen molar-refractivity contribution in [1.82, 2.24) is 0 Å². The molecule has 7 heteroatoms. The molecule has 0 aromatic heterocycles. The van der Waals surface area contributed by atoms with Crippen LogP contribution in [0.4, 0.5) is 0 Å². The molecule has 0 aromatic rings. The van der Waals surface area contributed by atoms with Gasteiger partial charge in [-0.1, -0.05) is 84.0 Å². The number of ether oxygens (including phenoxy) is 1. The van der Waals surface area contributed by atoms with E-state index in [1.165, 1.54) is 64.2 Å². The van der Waals surface area contributed by atoms with Crippen molar-refractivity contribution in [2.75, 3.05) is 12.4 Å². The van der Waals surface area contributed by atoms with Gasteiger partial charge in [0, 0.05) is 12.2 Å². The van der Waals surface area contributed by atoms with Crippen molar-refractivity contribution in [3.8, 4) is 0 Å². The van der Waals surface area contributed by atoms with Crippen LogP contribution in [0.1, 0.15) is 103 Å². The normalized spacial score (nSPS) is 11.2. The molecule has 0 spiro atoms. The van der Waals surface area contributed by atoms with E-state index in [1.807, 2.05) is 0 Å². The molecule has 0 unspecified atom stereocenters. The zero-order chi connectivity index (χ0) is 18.8. The minimum absolute atomic E-state index is 0. The van der Waals surface area contributed by atoms with E-state index in [4.69, 9.17) is 4.74 Å². The summed E-state index contributed by atoms with van der Waals surface area (Å²) in [5.41, 5.74) is 0. The van der Waals surface area contributed by atoms with Crippen molar-refractivity contribution in [1.29, 1.82) is 0 Å². The smallest absolute Gasteiger partial charge is 0.748 e. The van der Waals surface area contributed by atoms with Gasteiger partial charge in [0.2, 0.25) is 0 Å². The van der Waals surface area contributed by atoms with Crippen LogP contribution in [0.15, 0.2) is 0 Å². The predicted molar refractivity (Wildman–Crippen MR) is 100 cm³/mol. The summed E-state index contributed by atoms with van der Waals surface area (Å²) in [6.07, 6.45) is 16.8. The van der Waals surface area contributed by atoms with Gasteiger partial charge in [0.1, 0.15) is 0 Å². The molecule has 0 radical (unpaired) electrons. The molecule has 0 bridgehead atoms. The van der Waals surface area contributed by atoms with E-state index < -0.39 is 15.9 Å². The van der Waals surface area contributed by atoms with E-state index in [0.29, 0.717) is 6.42 Å². The molecule has 150 valence electrons. The number of carbonyl (C=O) groups excluding carboxylic acids is 1. The Balaban J connectivity index is 0. The van der Waals surface area contributed by atoms with Crippen LogP contribution in [0.2, 0.25) is 0 Å². The molecule has 26 heavy (non-hydrogen) atoms. The fraction of sp³-hybridized carbons (Fsp3) is 0.947. The molecule has 0 rings (SSSR count). The fourth-order valence-electron chi connectivity index (χ4n) is 2.78. The summed E-state index contributed by atoms with van der Waals surface area (Å²) in [4.78, 5) is 11.4. The number of carbonyl (C=O) groups is 1. The van der Waals surface area contributed by atoms with Crippen molar-refractivity contribution >= 4 is 16.1 Å². The number of esters is 1. The standard InChI is InChI=1S/C19H38O5S.Li/c1-2-3-4-5-6-7-8-9-10-11-12-13-14-16-19(20)24-17-15-18-25(21,22)23;/h2-18H2,1H3,(H,21,22,23);/q;+1/p-1. The monoisotopic (exact) mass is 384 g/mol. The van der Waals surface area contributed by atoms with E-state index >= 15 is 0 Å². The first-order valence-corrected chi connectivity index (χ1v) is 11.6. The first kappa shape index (κ1) is 28.2. The van der Waals surface area contributed by atoms with Gasteiger partial charge in [0.15, 0.2) is 0 Å². The molecular weight excluding hydrogens is 347 g/mol. The zero-order valence-electron chi connectivity index (χ0n) is 17.0. The van der Waals surface area contributed by atoms with Crippen molar-refractivity contribution in [3.05, 3.63) is 0 Å². The third-order valence-electron chi connectivity index (χ3n) is 4.29. The van der Waals surface area contributed by atoms with E-state index in [0.717, 1.165) is 19.3 Å². The van der Waals surface area contributed by atoms with Crippen LogP contribution < -0.4 is 18.9 Å². The Morgan fingerprint density at radius 2 is 1.19 bits per heavy atom. The van der Waals surface area contributed by atoms with Gasteiger partial charge in [-0.25, -0.2) is 8.42 Å². The van der Waals surface area contributed by atoms with Gasteiger partial charge in [-0.15, -0.1) is 0 Å². The molecule has 0 N–H and O–H groups in total. The minimum Gasteiger partial charge on any atom is -0.748 e.